The van der Waals surface area contributed by atoms with Crippen molar-refractivity contribution >= 4 is 27.7 Å². The molecule has 1 unspecified atom stereocenters. The average Bonchev–Trinajstić information content (AvgIpc) is 2.95. The number of benzene rings is 1. The first-order valence-corrected chi connectivity index (χ1v) is 7.14. The zero-order chi connectivity index (χ0) is 15.0. The summed E-state index contributed by atoms with van der Waals surface area (Å²) in [6.45, 7) is 0.930. The highest BCUT2D eigenvalue weighted by atomic mass is 79.9. The molecule has 2 amide bonds. The van der Waals surface area contributed by atoms with Gasteiger partial charge < -0.3 is 24.8 Å². The quantitative estimate of drug-likeness (QED) is 0.833. The minimum Gasteiger partial charge on any atom is -0.454 e. The van der Waals surface area contributed by atoms with E-state index in [1.807, 2.05) is 0 Å². The summed E-state index contributed by atoms with van der Waals surface area (Å²) in [4.78, 5) is 25.5. The van der Waals surface area contributed by atoms with E-state index in [2.05, 4.69) is 15.9 Å². The molecule has 0 spiro atoms. The molecule has 2 heterocycles. The second-order valence-corrected chi connectivity index (χ2v) is 5.54. The Kier molecular flexibility index (Phi) is 3.73. The molecule has 1 saturated heterocycles. The maximum Gasteiger partial charge on any atom is 0.254 e. The number of carbonyl (C=O) groups is 2. The molecule has 8 heteroatoms. The van der Waals surface area contributed by atoms with E-state index in [1.165, 1.54) is 4.90 Å². The van der Waals surface area contributed by atoms with Crippen molar-refractivity contribution in [1.82, 2.24) is 4.90 Å². The maximum atomic E-state index is 12.6. The fourth-order valence-corrected chi connectivity index (χ4v) is 2.90. The number of hydrogen-bond donors (Lipinski definition) is 1. The van der Waals surface area contributed by atoms with E-state index in [0.717, 1.165) is 0 Å². The number of ether oxygens (including phenoxy) is 3. The van der Waals surface area contributed by atoms with Crippen LogP contribution in [0.2, 0.25) is 0 Å². The first-order chi connectivity index (χ1) is 10.1. The van der Waals surface area contributed by atoms with E-state index in [4.69, 9.17) is 19.9 Å². The summed E-state index contributed by atoms with van der Waals surface area (Å²) < 4.78 is 16.4. The smallest absolute Gasteiger partial charge is 0.254 e. The highest BCUT2D eigenvalue weighted by molar-refractivity contribution is 9.10. The molecule has 1 atom stereocenters. The number of nitrogens with two attached hydrogens (primary N) is 1. The number of hydrogen-bond acceptors (Lipinski definition) is 5. The van der Waals surface area contributed by atoms with Crippen LogP contribution >= 0.6 is 15.9 Å². The van der Waals surface area contributed by atoms with Gasteiger partial charge in [-0.05, 0) is 28.1 Å². The molecule has 2 aliphatic rings. The molecule has 1 aromatic rings. The highest BCUT2D eigenvalue weighted by Gasteiger charge is 2.33. The lowest BCUT2D eigenvalue weighted by Crippen LogP contribution is -2.54. The van der Waals surface area contributed by atoms with Gasteiger partial charge in [0.15, 0.2) is 11.5 Å². The Labute approximate surface area is 129 Å². The van der Waals surface area contributed by atoms with Crippen LogP contribution in [0.25, 0.3) is 0 Å². The molecule has 1 aromatic carbocycles. The third-order valence-corrected chi connectivity index (χ3v) is 3.98. The number of morpholine rings is 1. The predicted octanol–water partition coefficient (Wildman–Crippen LogP) is 0.504. The zero-order valence-corrected chi connectivity index (χ0v) is 12.6. The normalized spacial score (nSPS) is 20.4. The lowest BCUT2D eigenvalue weighted by Gasteiger charge is -2.33. The van der Waals surface area contributed by atoms with Crippen LogP contribution in [0, 0.1) is 0 Å². The first kappa shape index (κ1) is 14.2. The molecule has 7 nitrogen and oxygen atoms in total. The molecule has 0 aromatic heterocycles. The van der Waals surface area contributed by atoms with E-state index in [1.54, 1.807) is 12.1 Å². The highest BCUT2D eigenvalue weighted by Crippen LogP contribution is 2.40. The summed E-state index contributed by atoms with van der Waals surface area (Å²) in [7, 11) is 0. The number of amides is 2. The summed E-state index contributed by atoms with van der Waals surface area (Å²) in [6, 6.07) is 2.49. The van der Waals surface area contributed by atoms with Crippen LogP contribution in [0.3, 0.4) is 0 Å². The van der Waals surface area contributed by atoms with Crippen molar-refractivity contribution < 1.29 is 23.8 Å². The van der Waals surface area contributed by atoms with E-state index in [9.17, 15) is 9.59 Å². The summed E-state index contributed by atoms with van der Waals surface area (Å²) in [5.74, 6) is 0.195. The van der Waals surface area contributed by atoms with E-state index >= 15 is 0 Å². The van der Waals surface area contributed by atoms with Crippen LogP contribution in [0.1, 0.15) is 10.4 Å². The van der Waals surface area contributed by atoms with Gasteiger partial charge in [0.25, 0.3) is 5.91 Å². The molecular weight excluding hydrogens is 344 g/mol. The van der Waals surface area contributed by atoms with Crippen LogP contribution in [0.5, 0.6) is 11.5 Å². The maximum absolute atomic E-state index is 12.6. The number of halogens is 1. The van der Waals surface area contributed by atoms with Crippen molar-refractivity contribution in [3.63, 3.8) is 0 Å². The minimum absolute atomic E-state index is 0.118. The largest absolute Gasteiger partial charge is 0.454 e. The van der Waals surface area contributed by atoms with Gasteiger partial charge in [0.05, 0.1) is 17.7 Å². The Morgan fingerprint density at radius 2 is 2.14 bits per heavy atom. The van der Waals surface area contributed by atoms with Crippen LogP contribution in [-0.2, 0) is 9.53 Å². The van der Waals surface area contributed by atoms with Crippen molar-refractivity contribution in [3.8, 4) is 11.5 Å². The van der Waals surface area contributed by atoms with Crippen LogP contribution in [-0.4, -0.2) is 49.3 Å². The fourth-order valence-electron chi connectivity index (χ4n) is 2.34. The van der Waals surface area contributed by atoms with Crippen molar-refractivity contribution in [3.05, 3.63) is 22.2 Å². The summed E-state index contributed by atoms with van der Waals surface area (Å²) in [5, 5.41) is 0. The van der Waals surface area contributed by atoms with Gasteiger partial charge in [-0.2, -0.15) is 0 Å². The number of nitrogens with zero attached hydrogens (tertiary/aromatic N) is 1. The molecule has 112 valence electrons. The van der Waals surface area contributed by atoms with Crippen molar-refractivity contribution in [2.24, 2.45) is 5.73 Å². The topological polar surface area (TPSA) is 91.1 Å². The number of primary amides is 1. The fraction of sp³-hybridized carbons (Fsp3) is 0.385. The number of carbonyl (C=O) groups excluding carboxylic acids is 2. The SMILES string of the molecule is NC(=O)C1COCCN1C(=O)c1cc(Br)c2c(c1)OCO2. The standard InChI is InChI=1S/C13H13BrN2O5/c14-8-3-7(4-10-11(8)21-6-20-10)13(18)16-1-2-19-5-9(16)12(15)17/h3-4,9H,1-2,5-6H2,(H2,15,17). The van der Waals surface area contributed by atoms with Crippen molar-refractivity contribution in [2.75, 3.05) is 26.6 Å². The molecule has 1 fully saturated rings. The van der Waals surface area contributed by atoms with Gasteiger partial charge in [-0.15, -0.1) is 0 Å². The molecule has 21 heavy (non-hydrogen) atoms. The number of fused-ring (bicyclic) bond motifs is 1. The summed E-state index contributed by atoms with van der Waals surface area (Å²) in [5.41, 5.74) is 5.73. The van der Waals surface area contributed by atoms with Crippen LogP contribution in [0.4, 0.5) is 0 Å². The predicted molar refractivity (Wildman–Crippen MR) is 75.1 cm³/mol. The molecular formula is C13H13BrN2O5. The van der Waals surface area contributed by atoms with Crippen LogP contribution < -0.4 is 15.2 Å². The molecule has 2 aliphatic heterocycles. The second-order valence-electron chi connectivity index (χ2n) is 4.68. The monoisotopic (exact) mass is 356 g/mol. The molecule has 3 rings (SSSR count). The molecule has 0 saturated carbocycles. The van der Waals surface area contributed by atoms with Gasteiger partial charge >= 0.3 is 0 Å². The van der Waals surface area contributed by atoms with Crippen molar-refractivity contribution in [1.29, 1.82) is 0 Å². The summed E-state index contributed by atoms with van der Waals surface area (Å²) in [6.07, 6.45) is 0. The summed E-state index contributed by atoms with van der Waals surface area (Å²) >= 11 is 3.34. The Bertz CT molecular complexity index is 606. The molecule has 0 aliphatic carbocycles. The molecule has 0 radical (unpaired) electrons. The lowest BCUT2D eigenvalue weighted by molar-refractivity contribution is -0.127. The number of rotatable bonds is 2. The van der Waals surface area contributed by atoms with Gasteiger partial charge in [0.1, 0.15) is 6.04 Å². The average molecular weight is 357 g/mol. The Balaban J connectivity index is 1.91. The first-order valence-electron chi connectivity index (χ1n) is 6.35. The van der Waals surface area contributed by atoms with E-state index < -0.39 is 11.9 Å². The van der Waals surface area contributed by atoms with E-state index in [-0.39, 0.29) is 19.3 Å². The van der Waals surface area contributed by atoms with Gasteiger partial charge in [-0.25, -0.2) is 0 Å². The molecule has 2 N–H and O–H groups in total. The zero-order valence-electron chi connectivity index (χ0n) is 11.0. The molecule has 0 bridgehead atoms. The third-order valence-electron chi connectivity index (χ3n) is 3.39. The van der Waals surface area contributed by atoms with Crippen molar-refractivity contribution in [2.45, 2.75) is 6.04 Å². The lowest BCUT2D eigenvalue weighted by atomic mass is 10.1. The van der Waals surface area contributed by atoms with Crippen LogP contribution in [0.15, 0.2) is 16.6 Å². The van der Waals surface area contributed by atoms with E-state index in [0.29, 0.717) is 34.7 Å². The Morgan fingerprint density at radius 1 is 1.33 bits per heavy atom. The third kappa shape index (κ3) is 2.56. The van der Waals surface area contributed by atoms with Gasteiger partial charge in [0.2, 0.25) is 12.7 Å². The Morgan fingerprint density at radius 3 is 2.90 bits per heavy atom. The van der Waals surface area contributed by atoms with Gasteiger partial charge in [-0.3, -0.25) is 9.59 Å². The second kappa shape index (κ2) is 5.53. The van der Waals surface area contributed by atoms with Gasteiger partial charge in [0, 0.05) is 12.1 Å². The van der Waals surface area contributed by atoms with Gasteiger partial charge in [-0.1, -0.05) is 0 Å². The Hall–Kier alpha value is -1.80. The minimum atomic E-state index is -0.754.